The van der Waals surface area contributed by atoms with Crippen molar-refractivity contribution in [1.29, 1.82) is 0 Å². The highest BCUT2D eigenvalue weighted by atomic mass is 16.4. The van der Waals surface area contributed by atoms with E-state index in [-0.39, 0.29) is 6.54 Å². The van der Waals surface area contributed by atoms with Crippen molar-refractivity contribution >= 4 is 5.97 Å². The molecule has 1 rings (SSSR count). The second-order valence-corrected chi connectivity index (χ2v) is 2.90. The Morgan fingerprint density at radius 1 is 1.53 bits per heavy atom. The van der Waals surface area contributed by atoms with Crippen LogP contribution in [0.5, 0.6) is 0 Å². The first kappa shape index (κ1) is 11.0. The number of aliphatic carboxylic acids is 1. The lowest BCUT2D eigenvalue weighted by Gasteiger charge is -2.02. The third kappa shape index (κ3) is 2.67. The van der Waals surface area contributed by atoms with Crippen molar-refractivity contribution in [3.8, 4) is 0 Å². The number of aryl methyl sites for hydroxylation is 1. The van der Waals surface area contributed by atoms with Gasteiger partial charge in [0, 0.05) is 31.9 Å². The lowest BCUT2D eigenvalue weighted by atomic mass is 10.4. The number of carboxylic acid groups (broad SMARTS) is 1. The third-order valence-corrected chi connectivity index (χ3v) is 1.79. The zero-order valence-electron chi connectivity index (χ0n) is 8.08. The van der Waals surface area contributed by atoms with E-state index >= 15 is 0 Å². The van der Waals surface area contributed by atoms with Gasteiger partial charge in [-0.25, -0.2) is 9.59 Å². The summed E-state index contributed by atoms with van der Waals surface area (Å²) < 4.78 is 2.19. The highest BCUT2D eigenvalue weighted by molar-refractivity contribution is 5.79. The molecule has 0 unspecified atom stereocenters. The second kappa shape index (κ2) is 4.41. The zero-order chi connectivity index (χ0) is 11.4. The summed E-state index contributed by atoms with van der Waals surface area (Å²) in [5.74, 6) is -1.11. The molecule has 0 aromatic carbocycles. The van der Waals surface area contributed by atoms with E-state index in [1.165, 1.54) is 30.0 Å². The van der Waals surface area contributed by atoms with Crippen molar-refractivity contribution in [2.24, 2.45) is 7.05 Å². The van der Waals surface area contributed by atoms with Gasteiger partial charge >= 0.3 is 11.7 Å². The number of aromatic nitrogens is 2. The van der Waals surface area contributed by atoms with Crippen LogP contribution in [0.4, 0.5) is 0 Å². The maximum Gasteiger partial charge on any atom is 0.330 e. The number of nitrogens with zero attached hydrogens (tertiary/aromatic N) is 2. The van der Waals surface area contributed by atoms with Gasteiger partial charge in [-0.15, -0.1) is 0 Å². The van der Waals surface area contributed by atoms with Gasteiger partial charge in [-0.1, -0.05) is 6.08 Å². The average Bonchev–Trinajstić information content (AvgIpc) is 2.17. The van der Waals surface area contributed by atoms with Crippen LogP contribution in [0, 0.1) is 0 Å². The molecule has 15 heavy (non-hydrogen) atoms. The van der Waals surface area contributed by atoms with Crippen LogP contribution in [0.1, 0.15) is 0 Å². The van der Waals surface area contributed by atoms with Crippen molar-refractivity contribution in [3.63, 3.8) is 0 Å². The van der Waals surface area contributed by atoms with E-state index in [1.807, 2.05) is 0 Å². The molecule has 0 amide bonds. The van der Waals surface area contributed by atoms with E-state index in [0.29, 0.717) is 0 Å². The Balaban J connectivity index is 3.05. The Morgan fingerprint density at radius 2 is 2.20 bits per heavy atom. The second-order valence-electron chi connectivity index (χ2n) is 2.90. The number of carboxylic acids is 1. The minimum atomic E-state index is -1.11. The van der Waals surface area contributed by atoms with Crippen LogP contribution in [-0.4, -0.2) is 20.2 Å². The zero-order valence-corrected chi connectivity index (χ0v) is 8.08. The molecule has 0 aliphatic heterocycles. The van der Waals surface area contributed by atoms with Gasteiger partial charge in [-0.05, 0) is 0 Å². The van der Waals surface area contributed by atoms with Gasteiger partial charge in [0.15, 0.2) is 0 Å². The smallest absolute Gasteiger partial charge is 0.330 e. The fourth-order valence-corrected chi connectivity index (χ4v) is 1.04. The minimum Gasteiger partial charge on any atom is -0.478 e. The Morgan fingerprint density at radius 3 is 2.80 bits per heavy atom. The van der Waals surface area contributed by atoms with Gasteiger partial charge in [-0.3, -0.25) is 9.36 Å². The summed E-state index contributed by atoms with van der Waals surface area (Å²) in [5.41, 5.74) is -0.925. The summed E-state index contributed by atoms with van der Waals surface area (Å²) in [6.45, 7) is -0.0430. The van der Waals surface area contributed by atoms with E-state index in [0.717, 1.165) is 10.6 Å². The summed E-state index contributed by atoms with van der Waals surface area (Å²) in [5, 5.41) is 8.33. The first-order valence-electron chi connectivity index (χ1n) is 4.18. The quantitative estimate of drug-likeness (QED) is 0.661. The van der Waals surface area contributed by atoms with Crippen LogP contribution >= 0.6 is 0 Å². The Hall–Kier alpha value is -2.11. The van der Waals surface area contributed by atoms with Crippen LogP contribution in [0.25, 0.3) is 0 Å². The van der Waals surface area contributed by atoms with Crippen LogP contribution in [0.2, 0.25) is 0 Å². The van der Waals surface area contributed by atoms with Crippen molar-refractivity contribution in [1.82, 2.24) is 9.13 Å². The molecule has 0 aliphatic rings. The predicted octanol–water partition coefficient (Wildman–Crippen LogP) is -0.812. The summed E-state index contributed by atoms with van der Waals surface area (Å²) in [7, 11) is 1.51. The van der Waals surface area contributed by atoms with E-state index in [2.05, 4.69) is 0 Å². The van der Waals surface area contributed by atoms with Crippen LogP contribution in [0.15, 0.2) is 34.0 Å². The molecule has 80 valence electrons. The fourth-order valence-electron chi connectivity index (χ4n) is 1.04. The molecule has 1 aromatic heterocycles. The standard InChI is InChI=1S/C9H10N2O4/c1-10-6-4-7(12)11(9(10)15)5-2-3-8(13)14/h2-4,6H,5H2,1H3,(H,13,14)/b3-2+. The maximum absolute atomic E-state index is 11.4. The Kier molecular flexibility index (Phi) is 3.22. The number of rotatable bonds is 3. The molecule has 0 aliphatic carbocycles. The van der Waals surface area contributed by atoms with Crippen molar-refractivity contribution < 1.29 is 9.90 Å². The van der Waals surface area contributed by atoms with Crippen LogP contribution < -0.4 is 11.2 Å². The maximum atomic E-state index is 11.4. The summed E-state index contributed by atoms with van der Waals surface area (Å²) in [4.78, 5) is 32.8. The molecule has 0 radical (unpaired) electrons. The molecule has 0 saturated heterocycles. The topological polar surface area (TPSA) is 81.3 Å². The van der Waals surface area contributed by atoms with E-state index < -0.39 is 17.2 Å². The van der Waals surface area contributed by atoms with Crippen molar-refractivity contribution in [2.75, 3.05) is 0 Å². The van der Waals surface area contributed by atoms with E-state index in [4.69, 9.17) is 5.11 Å². The molecule has 1 heterocycles. The lowest BCUT2D eigenvalue weighted by molar-refractivity contribution is -0.131. The first-order valence-corrected chi connectivity index (χ1v) is 4.18. The molecule has 6 heteroatoms. The molecule has 1 N–H and O–H groups in total. The molecular formula is C9H10N2O4. The molecule has 0 spiro atoms. The van der Waals surface area contributed by atoms with E-state index in [1.54, 1.807) is 0 Å². The number of allylic oxidation sites excluding steroid dienone is 1. The monoisotopic (exact) mass is 210 g/mol. The highest BCUT2D eigenvalue weighted by Crippen LogP contribution is 1.78. The largest absolute Gasteiger partial charge is 0.478 e. The SMILES string of the molecule is Cn1ccc(=O)n(C/C=C/C(=O)O)c1=O. The van der Waals surface area contributed by atoms with Crippen molar-refractivity contribution in [2.45, 2.75) is 6.54 Å². The normalized spacial score (nSPS) is 10.7. The lowest BCUT2D eigenvalue weighted by Crippen LogP contribution is -2.37. The van der Waals surface area contributed by atoms with E-state index in [9.17, 15) is 14.4 Å². The fraction of sp³-hybridized carbons (Fsp3) is 0.222. The minimum absolute atomic E-state index is 0.0430. The average molecular weight is 210 g/mol. The van der Waals surface area contributed by atoms with Gasteiger partial charge in [0.05, 0.1) is 0 Å². The number of hydrogen-bond acceptors (Lipinski definition) is 3. The van der Waals surface area contributed by atoms with Crippen LogP contribution in [0.3, 0.4) is 0 Å². The molecule has 0 fully saturated rings. The molecule has 0 atom stereocenters. The van der Waals surface area contributed by atoms with Crippen LogP contribution in [-0.2, 0) is 18.4 Å². The highest BCUT2D eigenvalue weighted by Gasteiger charge is 2.00. The molecule has 1 aromatic rings. The van der Waals surface area contributed by atoms with Crippen molar-refractivity contribution in [3.05, 3.63) is 45.3 Å². The molecule has 6 nitrogen and oxygen atoms in total. The summed E-state index contributed by atoms with van der Waals surface area (Å²) in [6, 6.07) is 1.25. The van der Waals surface area contributed by atoms with Gasteiger partial charge in [0.2, 0.25) is 0 Å². The Bertz CT molecular complexity index is 510. The summed E-state index contributed by atoms with van der Waals surface area (Å²) in [6.07, 6.45) is 3.49. The van der Waals surface area contributed by atoms with Gasteiger partial charge in [0.1, 0.15) is 0 Å². The Labute approximate surface area is 84.7 Å². The molecule has 0 bridgehead atoms. The van der Waals surface area contributed by atoms with Gasteiger partial charge in [0.25, 0.3) is 5.56 Å². The number of hydrogen-bond donors (Lipinski definition) is 1. The number of carbonyl (C=O) groups is 1. The van der Waals surface area contributed by atoms with Gasteiger partial charge < -0.3 is 9.67 Å². The molecular weight excluding hydrogens is 200 g/mol. The summed E-state index contributed by atoms with van der Waals surface area (Å²) >= 11 is 0. The predicted molar refractivity (Wildman–Crippen MR) is 52.7 cm³/mol. The first-order chi connectivity index (χ1) is 7.02. The molecule has 0 saturated carbocycles. The van der Waals surface area contributed by atoms with Gasteiger partial charge in [-0.2, -0.15) is 0 Å². The third-order valence-electron chi connectivity index (χ3n) is 1.79.